The lowest BCUT2D eigenvalue weighted by molar-refractivity contribution is -0.605. The van der Waals surface area contributed by atoms with Crippen molar-refractivity contribution in [2.24, 2.45) is 0 Å². The van der Waals surface area contributed by atoms with E-state index in [9.17, 15) is 4.21 Å². The van der Waals surface area contributed by atoms with Crippen LogP contribution in [-0.2, 0) is 40.6 Å². The second kappa shape index (κ2) is 10.7. The Kier molecular flexibility index (Phi) is 7.73. The van der Waals surface area contributed by atoms with Gasteiger partial charge in [-0.2, -0.15) is 0 Å². The van der Waals surface area contributed by atoms with E-state index in [2.05, 4.69) is 16.3 Å². The van der Waals surface area contributed by atoms with Crippen molar-refractivity contribution < 1.29 is 14.3 Å². The molecular weight excluding hydrogens is 531 g/mol. The van der Waals surface area contributed by atoms with Crippen LogP contribution in [0.1, 0.15) is 35.2 Å². The third kappa shape index (κ3) is 5.22. The van der Waals surface area contributed by atoms with Crippen molar-refractivity contribution >= 4 is 45.5 Å². The van der Waals surface area contributed by atoms with Gasteiger partial charge >= 0.3 is 0 Å². The van der Waals surface area contributed by atoms with E-state index in [1.165, 1.54) is 0 Å². The topological polar surface area (TPSA) is 99.0 Å². The van der Waals surface area contributed by atoms with Crippen molar-refractivity contribution in [3.63, 3.8) is 0 Å². The quantitative estimate of drug-likeness (QED) is 0.428. The first-order valence-electron chi connectivity index (χ1n) is 12.5. The van der Waals surface area contributed by atoms with Gasteiger partial charge < -0.3 is 25.3 Å². The van der Waals surface area contributed by atoms with Gasteiger partial charge in [-0.3, -0.25) is 4.21 Å². The molecule has 8 nitrogen and oxygen atoms in total. The van der Waals surface area contributed by atoms with Crippen molar-refractivity contribution in [3.8, 4) is 0 Å². The highest BCUT2D eigenvalue weighted by Crippen LogP contribution is 2.48. The van der Waals surface area contributed by atoms with Crippen molar-refractivity contribution in [2.75, 3.05) is 51.4 Å². The SMILES string of the molecule is CN(C)CC(=N)/C(Cl)=C1/CN(c2nc(S(C)=O)nc3c2CO[C@@]2(CCc4c(Cl)cccc42)C3)CCC[NH2+]1. The summed E-state index contributed by atoms with van der Waals surface area (Å²) < 4.78 is 19.2. The highest BCUT2D eigenvalue weighted by Gasteiger charge is 2.45. The fourth-order valence-corrected chi connectivity index (χ4v) is 6.49. The lowest BCUT2D eigenvalue weighted by Gasteiger charge is -2.37. The number of hydrogen-bond donors (Lipinski definition) is 2. The van der Waals surface area contributed by atoms with Gasteiger partial charge in [0.05, 0.1) is 47.5 Å². The smallest absolute Gasteiger partial charge is 0.220 e. The van der Waals surface area contributed by atoms with Gasteiger partial charge in [0.15, 0.2) is 0 Å². The number of nitrogens with two attached hydrogens (primary N) is 1. The first kappa shape index (κ1) is 26.7. The Balaban J connectivity index is 1.53. The highest BCUT2D eigenvalue weighted by atomic mass is 35.5. The molecule has 1 spiro atoms. The number of nitrogens with zero attached hydrogens (tertiary/aromatic N) is 4. The summed E-state index contributed by atoms with van der Waals surface area (Å²) in [6.07, 6.45) is 4.83. The first-order chi connectivity index (χ1) is 17.7. The monoisotopic (exact) mass is 563 g/mol. The van der Waals surface area contributed by atoms with Crippen molar-refractivity contribution in [1.82, 2.24) is 14.9 Å². The number of rotatable bonds is 5. The van der Waals surface area contributed by atoms with Crippen LogP contribution in [-0.4, -0.2) is 71.3 Å². The second-order valence-electron chi connectivity index (χ2n) is 10.3. The van der Waals surface area contributed by atoms with Crippen molar-refractivity contribution in [2.45, 2.75) is 43.0 Å². The molecule has 1 aromatic heterocycles. The third-order valence-corrected chi connectivity index (χ3v) is 8.87. The number of hydrogen-bond acceptors (Lipinski definition) is 7. The Morgan fingerprint density at radius 3 is 2.89 bits per heavy atom. The Morgan fingerprint density at radius 1 is 1.32 bits per heavy atom. The maximum Gasteiger partial charge on any atom is 0.220 e. The van der Waals surface area contributed by atoms with Crippen LogP contribution in [0.5, 0.6) is 0 Å². The van der Waals surface area contributed by atoms with E-state index in [1.54, 1.807) is 6.26 Å². The number of aromatic nitrogens is 2. The van der Waals surface area contributed by atoms with E-state index < -0.39 is 16.4 Å². The largest absolute Gasteiger partial charge is 0.365 e. The maximum atomic E-state index is 12.6. The third-order valence-electron chi connectivity index (χ3n) is 7.35. The molecule has 3 aliphatic rings. The van der Waals surface area contributed by atoms with Crippen LogP contribution in [0.3, 0.4) is 0 Å². The van der Waals surface area contributed by atoms with Gasteiger partial charge in [-0.15, -0.1) is 0 Å². The summed E-state index contributed by atoms with van der Waals surface area (Å²) in [5, 5.41) is 12.2. The molecule has 0 saturated carbocycles. The maximum absolute atomic E-state index is 12.6. The molecule has 1 aromatic carbocycles. The van der Waals surface area contributed by atoms with E-state index in [0.717, 1.165) is 71.3 Å². The number of benzene rings is 1. The zero-order chi connectivity index (χ0) is 26.3. The average Bonchev–Trinajstić information content (AvgIpc) is 3.04. The summed E-state index contributed by atoms with van der Waals surface area (Å²) in [6.45, 7) is 3.01. The van der Waals surface area contributed by atoms with Gasteiger partial charge in [0.25, 0.3) is 0 Å². The lowest BCUT2D eigenvalue weighted by atomic mass is 9.87. The number of nitrogens with one attached hydrogen (secondary N) is 1. The van der Waals surface area contributed by atoms with Gasteiger partial charge in [0, 0.05) is 42.8 Å². The predicted octanol–water partition coefficient (Wildman–Crippen LogP) is 2.59. The van der Waals surface area contributed by atoms with E-state index >= 15 is 0 Å². The Hall–Kier alpha value is -1.88. The first-order valence-corrected chi connectivity index (χ1v) is 14.8. The van der Waals surface area contributed by atoms with Crippen molar-refractivity contribution in [1.29, 1.82) is 5.41 Å². The Labute approximate surface area is 230 Å². The summed E-state index contributed by atoms with van der Waals surface area (Å²) >= 11 is 13.2. The minimum atomic E-state index is -1.34. The second-order valence-corrected chi connectivity index (χ2v) is 12.3. The molecule has 37 heavy (non-hydrogen) atoms. The zero-order valence-electron chi connectivity index (χ0n) is 21.4. The van der Waals surface area contributed by atoms with Gasteiger partial charge in [0.1, 0.15) is 16.5 Å². The van der Waals surface area contributed by atoms with Crippen LogP contribution in [0, 0.1) is 5.41 Å². The molecule has 2 atom stereocenters. The molecule has 3 heterocycles. The molecule has 0 bridgehead atoms. The summed E-state index contributed by atoms with van der Waals surface area (Å²) in [5.41, 5.74) is 4.94. The number of fused-ring (bicyclic) bond motifs is 3. The van der Waals surface area contributed by atoms with E-state index in [-0.39, 0.29) is 0 Å². The lowest BCUT2D eigenvalue weighted by Crippen LogP contribution is -2.83. The normalized spacial score (nSPS) is 23.6. The summed E-state index contributed by atoms with van der Waals surface area (Å²) in [7, 11) is 2.52. The highest BCUT2D eigenvalue weighted by molar-refractivity contribution is 7.84. The fraction of sp³-hybridized carbons (Fsp3) is 0.500. The van der Waals surface area contributed by atoms with Crippen LogP contribution in [0.2, 0.25) is 5.02 Å². The molecule has 1 aliphatic carbocycles. The van der Waals surface area contributed by atoms with Crippen LogP contribution >= 0.6 is 23.2 Å². The molecule has 1 fully saturated rings. The standard InChI is InChI=1S/C26H32Cl2N6O2S/c1-33(2)13-20(29)23(28)22-14-34(11-5-10-30-22)24-17-15-36-26(12-21(17)31-25(32-24)37(3)35)9-8-16-18(26)6-4-7-19(16)27/h4,6-7,29-30H,5,8-15H2,1-3H3/p+1/b23-22+,29-20?/t26-,37?/m0/s1. The fourth-order valence-electron chi connectivity index (χ4n) is 5.57. The van der Waals surface area contributed by atoms with Gasteiger partial charge in [-0.1, -0.05) is 35.3 Å². The molecule has 0 amide bonds. The van der Waals surface area contributed by atoms with Crippen LogP contribution in [0.15, 0.2) is 34.1 Å². The number of quaternary nitrogens is 1. The molecule has 11 heteroatoms. The molecule has 1 unspecified atom stereocenters. The predicted molar refractivity (Wildman–Crippen MR) is 147 cm³/mol. The van der Waals surface area contributed by atoms with Crippen molar-refractivity contribution in [3.05, 3.63) is 56.3 Å². The number of halogens is 2. The van der Waals surface area contributed by atoms with Crippen LogP contribution < -0.4 is 10.2 Å². The molecule has 3 N–H and O–H groups in total. The minimum absolute atomic E-state index is 0.334. The van der Waals surface area contributed by atoms with Gasteiger partial charge in [-0.05, 0) is 44.1 Å². The number of anilines is 1. The number of ether oxygens (including phenoxy) is 1. The van der Waals surface area contributed by atoms with E-state index in [4.69, 9.17) is 43.3 Å². The summed E-state index contributed by atoms with van der Waals surface area (Å²) in [4.78, 5) is 13.7. The Bertz CT molecular complexity index is 1300. The zero-order valence-corrected chi connectivity index (χ0v) is 23.8. The van der Waals surface area contributed by atoms with E-state index in [0.29, 0.717) is 42.0 Å². The van der Waals surface area contributed by atoms with Gasteiger partial charge in [0.2, 0.25) is 5.16 Å². The van der Waals surface area contributed by atoms with E-state index in [1.807, 2.05) is 31.1 Å². The molecule has 2 aliphatic heterocycles. The Morgan fingerprint density at radius 2 is 2.14 bits per heavy atom. The molecule has 2 aromatic rings. The van der Waals surface area contributed by atoms with Gasteiger partial charge in [-0.25, -0.2) is 9.97 Å². The molecule has 5 rings (SSSR count). The summed E-state index contributed by atoms with van der Waals surface area (Å²) in [6, 6.07) is 6.01. The summed E-state index contributed by atoms with van der Waals surface area (Å²) in [5.74, 6) is 0.755. The molecular formula is C26H33Cl2N6O2S+. The van der Waals surface area contributed by atoms with Crippen LogP contribution in [0.4, 0.5) is 5.82 Å². The molecule has 1 saturated heterocycles. The average molecular weight is 565 g/mol. The van der Waals surface area contributed by atoms with Crippen LogP contribution in [0.25, 0.3) is 0 Å². The minimum Gasteiger partial charge on any atom is -0.365 e. The molecule has 0 radical (unpaired) electrons. The molecule has 198 valence electrons.